The van der Waals surface area contributed by atoms with Crippen molar-refractivity contribution in [2.75, 3.05) is 5.32 Å². The van der Waals surface area contributed by atoms with Gasteiger partial charge in [-0.25, -0.2) is 15.0 Å². The molecule has 0 spiro atoms. The predicted octanol–water partition coefficient (Wildman–Crippen LogP) is 4.53. The van der Waals surface area contributed by atoms with Crippen LogP contribution in [0.2, 0.25) is 0 Å². The van der Waals surface area contributed by atoms with E-state index in [0.29, 0.717) is 5.92 Å². The average Bonchev–Trinajstić information content (AvgIpc) is 3.09. The van der Waals surface area contributed by atoms with E-state index in [1.807, 2.05) is 23.0 Å². The van der Waals surface area contributed by atoms with Crippen molar-refractivity contribution in [2.24, 2.45) is 0 Å². The third kappa shape index (κ3) is 2.86. The normalized spacial score (nSPS) is 10.9. The van der Waals surface area contributed by atoms with Gasteiger partial charge in [0.15, 0.2) is 5.13 Å². The maximum absolute atomic E-state index is 4.52. The molecule has 0 unspecified atom stereocenters. The van der Waals surface area contributed by atoms with Crippen LogP contribution in [0.25, 0.3) is 10.7 Å². The molecule has 3 aromatic heterocycles. The maximum atomic E-state index is 4.52. The van der Waals surface area contributed by atoms with E-state index in [9.17, 15) is 0 Å². The average molecular weight is 302 g/mol. The molecule has 0 saturated heterocycles. The van der Waals surface area contributed by atoms with Crippen LogP contribution >= 0.6 is 22.7 Å². The highest BCUT2D eigenvalue weighted by Crippen LogP contribution is 2.27. The van der Waals surface area contributed by atoms with Crippen molar-refractivity contribution in [3.63, 3.8) is 0 Å². The summed E-state index contributed by atoms with van der Waals surface area (Å²) >= 11 is 3.15. The largest absolute Gasteiger partial charge is 0.316 e. The van der Waals surface area contributed by atoms with Crippen molar-refractivity contribution in [3.8, 4) is 10.7 Å². The fourth-order valence-corrected chi connectivity index (χ4v) is 3.08. The first-order chi connectivity index (χ1) is 9.72. The van der Waals surface area contributed by atoms with Gasteiger partial charge < -0.3 is 5.32 Å². The number of nitrogens with zero attached hydrogens (tertiary/aromatic N) is 3. The Morgan fingerprint density at radius 1 is 1.15 bits per heavy atom. The number of thiazole rings is 2. The summed E-state index contributed by atoms with van der Waals surface area (Å²) in [5.41, 5.74) is 2.14. The number of rotatable bonds is 4. The van der Waals surface area contributed by atoms with Crippen LogP contribution in [-0.2, 0) is 0 Å². The Labute approximate surface area is 125 Å². The highest BCUT2D eigenvalue weighted by molar-refractivity contribution is 7.15. The second-order valence-corrected chi connectivity index (χ2v) is 6.38. The number of anilines is 2. The van der Waals surface area contributed by atoms with Crippen LogP contribution in [0.4, 0.5) is 10.9 Å². The van der Waals surface area contributed by atoms with Crippen LogP contribution in [0, 0.1) is 0 Å². The Hall–Kier alpha value is -1.79. The molecule has 1 N–H and O–H groups in total. The molecule has 0 amide bonds. The Balaban J connectivity index is 1.75. The van der Waals surface area contributed by atoms with Gasteiger partial charge in [-0.2, -0.15) is 0 Å². The molecule has 0 aliphatic rings. The van der Waals surface area contributed by atoms with Crippen molar-refractivity contribution in [3.05, 3.63) is 40.8 Å². The predicted molar refractivity (Wildman–Crippen MR) is 84.8 cm³/mol. The molecule has 0 aliphatic carbocycles. The van der Waals surface area contributed by atoms with Gasteiger partial charge in [-0.05, 0) is 17.5 Å². The van der Waals surface area contributed by atoms with Crippen molar-refractivity contribution < 1.29 is 0 Å². The first-order valence-corrected chi connectivity index (χ1v) is 8.06. The smallest absolute Gasteiger partial charge is 0.188 e. The zero-order chi connectivity index (χ0) is 13.9. The van der Waals surface area contributed by atoms with E-state index in [2.05, 4.69) is 40.2 Å². The molecule has 102 valence electrons. The SMILES string of the molecule is CC(C)c1ccc(Nc2nc(-c3nccs3)cs2)nc1. The fourth-order valence-electron chi connectivity index (χ4n) is 1.71. The van der Waals surface area contributed by atoms with Crippen molar-refractivity contribution in [2.45, 2.75) is 19.8 Å². The lowest BCUT2D eigenvalue weighted by molar-refractivity contribution is 0.859. The molecule has 0 aromatic carbocycles. The van der Waals surface area contributed by atoms with Gasteiger partial charge in [-0.3, -0.25) is 0 Å². The number of hydrogen-bond donors (Lipinski definition) is 1. The van der Waals surface area contributed by atoms with E-state index in [4.69, 9.17) is 0 Å². The molecule has 0 radical (unpaired) electrons. The van der Waals surface area contributed by atoms with E-state index in [1.54, 1.807) is 28.9 Å². The first-order valence-electron chi connectivity index (χ1n) is 6.31. The molecule has 0 aliphatic heterocycles. The van der Waals surface area contributed by atoms with Crippen LogP contribution in [0.15, 0.2) is 35.3 Å². The molecule has 0 saturated carbocycles. The number of nitrogens with one attached hydrogen (secondary N) is 1. The lowest BCUT2D eigenvalue weighted by Crippen LogP contribution is -1.95. The zero-order valence-electron chi connectivity index (χ0n) is 11.2. The Bertz CT molecular complexity index is 672. The van der Waals surface area contributed by atoms with Crippen molar-refractivity contribution >= 4 is 33.6 Å². The van der Waals surface area contributed by atoms with Crippen molar-refractivity contribution in [1.82, 2.24) is 15.0 Å². The molecule has 20 heavy (non-hydrogen) atoms. The summed E-state index contributed by atoms with van der Waals surface area (Å²) in [6, 6.07) is 4.08. The van der Waals surface area contributed by atoms with Gasteiger partial charge in [0.2, 0.25) is 0 Å². The van der Waals surface area contributed by atoms with Gasteiger partial charge >= 0.3 is 0 Å². The molecule has 6 heteroatoms. The minimum atomic E-state index is 0.493. The summed E-state index contributed by atoms with van der Waals surface area (Å²) in [7, 11) is 0. The van der Waals surface area contributed by atoms with Crippen LogP contribution in [-0.4, -0.2) is 15.0 Å². The van der Waals surface area contributed by atoms with Crippen LogP contribution in [0.3, 0.4) is 0 Å². The zero-order valence-corrected chi connectivity index (χ0v) is 12.8. The molecule has 3 heterocycles. The molecule has 3 rings (SSSR count). The summed E-state index contributed by atoms with van der Waals surface area (Å²) in [6.07, 6.45) is 3.70. The third-order valence-corrected chi connectivity index (χ3v) is 4.40. The number of pyridine rings is 1. The van der Waals surface area contributed by atoms with Gasteiger partial charge in [0.25, 0.3) is 0 Å². The van der Waals surface area contributed by atoms with Gasteiger partial charge in [0.05, 0.1) is 0 Å². The highest BCUT2D eigenvalue weighted by atomic mass is 32.1. The molecular formula is C14H14N4S2. The van der Waals surface area contributed by atoms with E-state index in [0.717, 1.165) is 21.7 Å². The van der Waals surface area contributed by atoms with E-state index in [-0.39, 0.29) is 0 Å². The lowest BCUT2D eigenvalue weighted by Gasteiger charge is -2.06. The summed E-state index contributed by atoms with van der Waals surface area (Å²) in [5.74, 6) is 1.31. The second-order valence-electron chi connectivity index (χ2n) is 4.63. The second kappa shape index (κ2) is 5.68. The van der Waals surface area contributed by atoms with Crippen LogP contribution in [0.5, 0.6) is 0 Å². The lowest BCUT2D eigenvalue weighted by atomic mass is 10.1. The van der Waals surface area contributed by atoms with Gasteiger partial charge in [-0.1, -0.05) is 19.9 Å². The molecule has 4 nitrogen and oxygen atoms in total. The molecule has 0 atom stereocenters. The summed E-state index contributed by atoms with van der Waals surface area (Å²) < 4.78 is 0. The Kier molecular flexibility index (Phi) is 3.75. The fraction of sp³-hybridized carbons (Fsp3) is 0.214. The topological polar surface area (TPSA) is 50.7 Å². The third-order valence-electron chi connectivity index (χ3n) is 2.84. The minimum Gasteiger partial charge on any atom is -0.316 e. The standard InChI is InChI=1S/C14H14N4S2/c1-9(2)10-3-4-12(16-7-10)18-14-17-11(8-20-14)13-15-5-6-19-13/h3-9H,1-2H3,(H,16,17,18). The minimum absolute atomic E-state index is 0.493. The molecule has 0 fully saturated rings. The van der Waals surface area contributed by atoms with E-state index < -0.39 is 0 Å². The maximum Gasteiger partial charge on any atom is 0.188 e. The Morgan fingerprint density at radius 2 is 2.05 bits per heavy atom. The summed E-state index contributed by atoms with van der Waals surface area (Å²) in [5, 5.41) is 8.96. The summed E-state index contributed by atoms with van der Waals surface area (Å²) in [6.45, 7) is 4.32. The van der Waals surface area contributed by atoms with Gasteiger partial charge in [0, 0.05) is 23.2 Å². The molecule has 3 aromatic rings. The van der Waals surface area contributed by atoms with Crippen molar-refractivity contribution in [1.29, 1.82) is 0 Å². The molecular weight excluding hydrogens is 288 g/mol. The number of aromatic nitrogens is 3. The first kappa shape index (κ1) is 13.2. The molecule has 0 bridgehead atoms. The number of hydrogen-bond acceptors (Lipinski definition) is 6. The highest BCUT2D eigenvalue weighted by Gasteiger charge is 2.07. The van der Waals surface area contributed by atoms with Gasteiger partial charge in [0.1, 0.15) is 16.5 Å². The van der Waals surface area contributed by atoms with Crippen LogP contribution < -0.4 is 5.32 Å². The van der Waals surface area contributed by atoms with Gasteiger partial charge in [-0.15, -0.1) is 22.7 Å². The Morgan fingerprint density at radius 3 is 2.70 bits per heavy atom. The van der Waals surface area contributed by atoms with E-state index >= 15 is 0 Å². The quantitative estimate of drug-likeness (QED) is 0.769. The monoisotopic (exact) mass is 302 g/mol. The summed E-state index contributed by atoms with van der Waals surface area (Å²) in [4.78, 5) is 13.2. The van der Waals surface area contributed by atoms with E-state index in [1.165, 1.54) is 5.56 Å². The van der Waals surface area contributed by atoms with Crippen LogP contribution in [0.1, 0.15) is 25.3 Å².